The molecule has 3 nitrogen and oxygen atoms in total. The van der Waals surface area contributed by atoms with E-state index >= 15 is 0 Å². The third kappa shape index (κ3) is 2.14. The molecule has 0 unspecified atom stereocenters. The Morgan fingerprint density at radius 2 is 2.19 bits per heavy atom. The first-order valence-corrected chi connectivity index (χ1v) is 5.86. The van der Waals surface area contributed by atoms with E-state index in [9.17, 15) is 0 Å². The number of methoxy groups -OCH3 is 1. The van der Waals surface area contributed by atoms with Gasteiger partial charge in [0.05, 0.1) is 7.11 Å². The molecule has 1 aromatic carbocycles. The molecule has 0 aromatic heterocycles. The van der Waals surface area contributed by atoms with Crippen molar-refractivity contribution in [2.75, 3.05) is 25.1 Å². The Morgan fingerprint density at radius 3 is 2.88 bits per heavy atom. The van der Waals surface area contributed by atoms with E-state index in [4.69, 9.17) is 4.74 Å². The molecule has 1 aromatic rings. The monoisotopic (exact) mass is 220 g/mol. The van der Waals surface area contributed by atoms with Crippen LogP contribution in [0, 0.1) is 0 Å². The van der Waals surface area contributed by atoms with Gasteiger partial charge < -0.3 is 15.0 Å². The summed E-state index contributed by atoms with van der Waals surface area (Å²) in [6, 6.07) is 6.87. The topological polar surface area (TPSA) is 24.5 Å². The Bertz CT molecular complexity index is 363. The van der Waals surface area contributed by atoms with Gasteiger partial charge in [-0.3, -0.25) is 0 Å². The van der Waals surface area contributed by atoms with E-state index in [1.165, 1.54) is 11.3 Å². The van der Waals surface area contributed by atoms with Gasteiger partial charge in [-0.25, -0.2) is 0 Å². The second-order valence-electron chi connectivity index (χ2n) is 4.46. The highest BCUT2D eigenvalue weighted by atomic mass is 16.5. The van der Waals surface area contributed by atoms with Crippen molar-refractivity contribution >= 4 is 5.69 Å². The maximum Gasteiger partial charge on any atom is 0.119 e. The summed E-state index contributed by atoms with van der Waals surface area (Å²) in [5, 5.41) is 3.44. The van der Waals surface area contributed by atoms with Crippen LogP contribution < -0.4 is 15.0 Å². The van der Waals surface area contributed by atoms with Crippen molar-refractivity contribution in [1.82, 2.24) is 5.32 Å². The molecule has 0 bridgehead atoms. The largest absolute Gasteiger partial charge is 0.497 e. The van der Waals surface area contributed by atoms with E-state index in [1.54, 1.807) is 7.11 Å². The highest BCUT2D eigenvalue weighted by Gasteiger charge is 2.17. The van der Waals surface area contributed by atoms with Crippen LogP contribution in [0.2, 0.25) is 0 Å². The lowest BCUT2D eigenvalue weighted by molar-refractivity contribution is 0.414. The van der Waals surface area contributed by atoms with Gasteiger partial charge >= 0.3 is 0 Å². The van der Waals surface area contributed by atoms with Gasteiger partial charge in [-0.15, -0.1) is 0 Å². The summed E-state index contributed by atoms with van der Waals surface area (Å²) in [4.78, 5) is 2.44. The van der Waals surface area contributed by atoms with Crippen molar-refractivity contribution < 1.29 is 4.74 Å². The van der Waals surface area contributed by atoms with E-state index in [1.807, 2.05) is 6.07 Å². The van der Waals surface area contributed by atoms with Crippen LogP contribution in [0.4, 0.5) is 5.69 Å². The normalized spacial score (nSPS) is 15.9. The highest BCUT2D eigenvalue weighted by molar-refractivity contribution is 5.57. The van der Waals surface area contributed by atoms with E-state index in [0.29, 0.717) is 6.04 Å². The minimum atomic E-state index is 0.534. The van der Waals surface area contributed by atoms with Gasteiger partial charge in [0.1, 0.15) is 5.75 Å². The van der Waals surface area contributed by atoms with Crippen molar-refractivity contribution in [3.63, 3.8) is 0 Å². The molecule has 0 saturated carbocycles. The van der Waals surface area contributed by atoms with Gasteiger partial charge in [0.2, 0.25) is 0 Å². The van der Waals surface area contributed by atoms with Crippen LogP contribution in [0.25, 0.3) is 0 Å². The third-order valence-corrected chi connectivity index (χ3v) is 3.06. The molecule has 1 N–H and O–H groups in total. The number of fused-ring (bicyclic) bond motifs is 1. The Labute approximate surface area is 97.4 Å². The number of benzene rings is 1. The van der Waals surface area contributed by atoms with Gasteiger partial charge in [-0.05, 0) is 37.6 Å². The smallest absolute Gasteiger partial charge is 0.119 e. The summed E-state index contributed by atoms with van der Waals surface area (Å²) < 4.78 is 5.27. The Morgan fingerprint density at radius 1 is 1.38 bits per heavy atom. The molecule has 2 rings (SSSR count). The highest BCUT2D eigenvalue weighted by Crippen LogP contribution is 2.28. The summed E-state index contributed by atoms with van der Waals surface area (Å²) in [5.74, 6) is 0.936. The average molecular weight is 220 g/mol. The molecule has 0 radical (unpaired) electrons. The average Bonchev–Trinajstić information content (AvgIpc) is 2.49. The number of nitrogens with zero attached hydrogens (tertiary/aromatic N) is 1. The number of hydrogen-bond donors (Lipinski definition) is 1. The maximum atomic E-state index is 5.27. The molecule has 0 fully saturated rings. The van der Waals surface area contributed by atoms with Gasteiger partial charge in [0.25, 0.3) is 0 Å². The minimum Gasteiger partial charge on any atom is -0.497 e. The quantitative estimate of drug-likeness (QED) is 0.825. The number of ether oxygens (including phenoxy) is 1. The van der Waals surface area contributed by atoms with E-state index in [0.717, 1.165) is 25.4 Å². The summed E-state index contributed by atoms with van der Waals surface area (Å²) in [5.41, 5.74) is 2.66. The van der Waals surface area contributed by atoms with Gasteiger partial charge in [-0.1, -0.05) is 0 Å². The fraction of sp³-hybridized carbons (Fsp3) is 0.538. The van der Waals surface area contributed by atoms with Gasteiger partial charge in [0.15, 0.2) is 0 Å². The summed E-state index contributed by atoms with van der Waals surface area (Å²) in [6.07, 6.45) is 0. The zero-order chi connectivity index (χ0) is 11.5. The van der Waals surface area contributed by atoms with E-state index in [2.05, 4.69) is 36.2 Å². The zero-order valence-electron chi connectivity index (χ0n) is 10.3. The summed E-state index contributed by atoms with van der Waals surface area (Å²) in [7, 11) is 1.71. The Balaban J connectivity index is 2.38. The molecule has 1 aliphatic heterocycles. The van der Waals surface area contributed by atoms with E-state index in [-0.39, 0.29) is 0 Å². The lowest BCUT2D eigenvalue weighted by Crippen LogP contribution is -2.34. The predicted molar refractivity (Wildman–Crippen MR) is 67.2 cm³/mol. The summed E-state index contributed by atoms with van der Waals surface area (Å²) >= 11 is 0. The van der Waals surface area contributed by atoms with Crippen molar-refractivity contribution in [2.45, 2.75) is 26.4 Å². The molecule has 16 heavy (non-hydrogen) atoms. The Kier molecular flexibility index (Phi) is 3.34. The predicted octanol–water partition coefficient (Wildman–Crippen LogP) is 2.01. The molecule has 0 amide bonds. The van der Waals surface area contributed by atoms with Crippen LogP contribution in [0.1, 0.15) is 19.4 Å². The van der Waals surface area contributed by atoms with Crippen LogP contribution in [0.3, 0.4) is 0 Å². The molecular weight excluding hydrogens is 200 g/mol. The van der Waals surface area contributed by atoms with Crippen LogP contribution in [-0.2, 0) is 6.54 Å². The van der Waals surface area contributed by atoms with Crippen molar-refractivity contribution in [1.29, 1.82) is 0 Å². The maximum absolute atomic E-state index is 5.27. The van der Waals surface area contributed by atoms with E-state index < -0.39 is 0 Å². The molecule has 3 heteroatoms. The van der Waals surface area contributed by atoms with Gasteiger partial charge in [-0.2, -0.15) is 0 Å². The van der Waals surface area contributed by atoms with Crippen LogP contribution in [-0.4, -0.2) is 26.2 Å². The Hall–Kier alpha value is -1.22. The third-order valence-electron chi connectivity index (χ3n) is 3.06. The molecule has 1 aliphatic rings. The number of hydrogen-bond acceptors (Lipinski definition) is 3. The SMILES string of the molecule is COc1ccc2c(c1)CNCCN2C(C)C. The second-order valence-corrected chi connectivity index (χ2v) is 4.46. The molecule has 0 spiro atoms. The van der Waals surface area contributed by atoms with Crippen LogP contribution in [0.15, 0.2) is 18.2 Å². The first kappa shape index (κ1) is 11.3. The molecule has 0 atom stereocenters. The fourth-order valence-electron chi connectivity index (χ4n) is 2.19. The summed E-state index contributed by atoms with van der Waals surface area (Å²) in [6.45, 7) is 7.50. The number of rotatable bonds is 2. The van der Waals surface area contributed by atoms with Crippen LogP contribution >= 0.6 is 0 Å². The minimum absolute atomic E-state index is 0.534. The van der Waals surface area contributed by atoms with Crippen molar-refractivity contribution in [2.24, 2.45) is 0 Å². The number of nitrogens with one attached hydrogen (secondary N) is 1. The first-order valence-electron chi connectivity index (χ1n) is 5.86. The lowest BCUT2D eigenvalue weighted by Gasteiger charge is -2.28. The molecular formula is C13H20N2O. The molecule has 0 aliphatic carbocycles. The van der Waals surface area contributed by atoms with Crippen LogP contribution in [0.5, 0.6) is 5.75 Å². The molecule has 0 saturated heterocycles. The molecule has 88 valence electrons. The van der Waals surface area contributed by atoms with Gasteiger partial charge in [0, 0.05) is 31.4 Å². The first-order chi connectivity index (χ1) is 7.72. The number of anilines is 1. The second kappa shape index (κ2) is 4.74. The lowest BCUT2D eigenvalue weighted by atomic mass is 10.1. The zero-order valence-corrected chi connectivity index (χ0v) is 10.3. The van der Waals surface area contributed by atoms with Crippen molar-refractivity contribution in [3.8, 4) is 5.75 Å². The van der Waals surface area contributed by atoms with Crippen molar-refractivity contribution in [3.05, 3.63) is 23.8 Å². The standard InChI is InChI=1S/C13H20N2O/c1-10(2)15-7-6-14-9-11-8-12(16-3)4-5-13(11)15/h4-5,8,10,14H,6-7,9H2,1-3H3. The molecule has 1 heterocycles. The fourth-order valence-corrected chi connectivity index (χ4v) is 2.19.